The highest BCUT2D eigenvalue weighted by Gasteiger charge is 2.12. The Morgan fingerprint density at radius 3 is 2.73 bits per heavy atom. The van der Waals surface area contributed by atoms with Gasteiger partial charge in [0.25, 0.3) is 5.56 Å². The van der Waals surface area contributed by atoms with Gasteiger partial charge in [-0.25, -0.2) is 0 Å². The lowest BCUT2D eigenvalue weighted by atomic mass is 10.3. The summed E-state index contributed by atoms with van der Waals surface area (Å²) in [7, 11) is 0. The smallest absolute Gasteiger partial charge is 0.291 e. The van der Waals surface area contributed by atoms with Crippen LogP contribution in [0, 0.1) is 6.92 Å². The van der Waals surface area contributed by atoms with Crippen LogP contribution in [-0.2, 0) is 0 Å². The van der Waals surface area contributed by atoms with Crippen molar-refractivity contribution in [3.05, 3.63) is 63.1 Å². The third kappa shape index (κ3) is 2.11. The summed E-state index contributed by atoms with van der Waals surface area (Å²) in [5.74, 6) is 1.97. The second-order valence-electron chi connectivity index (χ2n) is 4.73. The van der Waals surface area contributed by atoms with Gasteiger partial charge in [0.2, 0.25) is 4.96 Å². The highest BCUT2D eigenvalue weighted by Crippen LogP contribution is 2.15. The number of hydrogen-bond donors (Lipinski definition) is 0. The number of fused-ring (bicyclic) bond motifs is 1. The minimum Gasteiger partial charge on any atom is -0.462 e. The van der Waals surface area contributed by atoms with E-state index in [1.54, 1.807) is 18.5 Å². The summed E-state index contributed by atoms with van der Waals surface area (Å²) in [6, 6.07) is 7.30. The number of rotatable bonds is 2. The van der Waals surface area contributed by atoms with E-state index in [0.717, 1.165) is 11.3 Å². The molecular weight excluding hydrogens is 300 g/mol. The summed E-state index contributed by atoms with van der Waals surface area (Å²) >= 11 is 1.29. The highest BCUT2D eigenvalue weighted by molar-refractivity contribution is 7.15. The summed E-state index contributed by atoms with van der Waals surface area (Å²) < 4.78 is 7.33. The van der Waals surface area contributed by atoms with E-state index in [1.165, 1.54) is 15.9 Å². The van der Waals surface area contributed by atoms with E-state index in [2.05, 4.69) is 15.1 Å². The molecule has 4 aromatic rings. The van der Waals surface area contributed by atoms with E-state index in [9.17, 15) is 4.79 Å². The standard InChI is InChI=1S/C15H10N4O2S/c1-9-2-3-11(21-9)8-12-14(20)19-15(22-12)17-13(18-19)10-4-6-16-7-5-10/h2-8H,1H3/b12-8-. The zero-order valence-corrected chi connectivity index (χ0v) is 12.4. The number of furan rings is 1. The lowest BCUT2D eigenvalue weighted by Gasteiger charge is -1.90. The van der Waals surface area contributed by atoms with Gasteiger partial charge >= 0.3 is 0 Å². The average molecular weight is 310 g/mol. The van der Waals surface area contributed by atoms with Crippen molar-refractivity contribution < 1.29 is 4.42 Å². The van der Waals surface area contributed by atoms with Gasteiger partial charge in [-0.3, -0.25) is 9.78 Å². The van der Waals surface area contributed by atoms with E-state index >= 15 is 0 Å². The van der Waals surface area contributed by atoms with Gasteiger partial charge in [-0.1, -0.05) is 11.3 Å². The summed E-state index contributed by atoms with van der Waals surface area (Å²) in [6.45, 7) is 1.86. The first-order valence-electron chi connectivity index (χ1n) is 6.59. The fourth-order valence-corrected chi connectivity index (χ4v) is 3.01. The van der Waals surface area contributed by atoms with Crippen molar-refractivity contribution in [1.82, 2.24) is 19.6 Å². The number of aryl methyl sites for hydroxylation is 1. The topological polar surface area (TPSA) is 73.3 Å². The van der Waals surface area contributed by atoms with Crippen LogP contribution in [0.5, 0.6) is 0 Å². The van der Waals surface area contributed by atoms with Crippen LogP contribution >= 0.6 is 11.3 Å². The fraction of sp³-hybridized carbons (Fsp3) is 0.0667. The molecule has 0 saturated carbocycles. The molecule has 6 nitrogen and oxygen atoms in total. The summed E-state index contributed by atoms with van der Waals surface area (Å²) in [6.07, 6.45) is 5.05. The Bertz CT molecular complexity index is 1060. The van der Waals surface area contributed by atoms with Gasteiger partial charge in [0.1, 0.15) is 16.1 Å². The molecule has 0 aliphatic rings. The number of nitrogens with zero attached hydrogens (tertiary/aromatic N) is 4. The van der Waals surface area contributed by atoms with Crippen LogP contribution in [0.25, 0.3) is 22.4 Å². The van der Waals surface area contributed by atoms with E-state index < -0.39 is 0 Å². The van der Waals surface area contributed by atoms with Crippen LogP contribution < -0.4 is 10.1 Å². The fourth-order valence-electron chi connectivity index (χ4n) is 2.12. The van der Waals surface area contributed by atoms with Crippen molar-refractivity contribution in [3.8, 4) is 11.4 Å². The summed E-state index contributed by atoms with van der Waals surface area (Å²) in [5, 5.41) is 4.28. The molecule has 0 aromatic carbocycles. The van der Waals surface area contributed by atoms with Gasteiger partial charge in [-0.05, 0) is 31.2 Å². The molecule has 0 aliphatic carbocycles. The molecule has 0 fully saturated rings. The molecule has 4 aromatic heterocycles. The molecule has 0 unspecified atom stereocenters. The van der Waals surface area contributed by atoms with Gasteiger partial charge in [0.05, 0.1) is 0 Å². The quantitative estimate of drug-likeness (QED) is 0.563. The number of thiazole rings is 1. The maximum Gasteiger partial charge on any atom is 0.291 e. The van der Waals surface area contributed by atoms with Crippen molar-refractivity contribution in [2.45, 2.75) is 6.92 Å². The Labute approximate surface area is 128 Å². The molecule has 4 rings (SSSR count). The molecule has 0 saturated heterocycles. The lowest BCUT2D eigenvalue weighted by molar-refractivity contribution is 0.525. The van der Waals surface area contributed by atoms with Crippen LogP contribution in [0.4, 0.5) is 0 Å². The Hall–Kier alpha value is -2.80. The van der Waals surface area contributed by atoms with Crippen LogP contribution in [0.15, 0.2) is 45.9 Å². The zero-order valence-electron chi connectivity index (χ0n) is 11.6. The molecule has 0 N–H and O–H groups in total. The highest BCUT2D eigenvalue weighted by atomic mass is 32.1. The minimum atomic E-state index is -0.193. The van der Waals surface area contributed by atoms with E-state index in [1.807, 2.05) is 31.2 Å². The third-order valence-corrected chi connectivity index (χ3v) is 4.11. The predicted molar refractivity (Wildman–Crippen MR) is 82.6 cm³/mol. The average Bonchev–Trinajstić information content (AvgIpc) is 3.19. The lowest BCUT2D eigenvalue weighted by Crippen LogP contribution is -2.23. The molecule has 7 heteroatoms. The Morgan fingerprint density at radius 2 is 2.05 bits per heavy atom. The van der Waals surface area contributed by atoms with Crippen molar-refractivity contribution in [1.29, 1.82) is 0 Å². The zero-order chi connectivity index (χ0) is 15.1. The van der Waals surface area contributed by atoms with Crippen molar-refractivity contribution in [2.24, 2.45) is 0 Å². The maximum atomic E-state index is 12.4. The van der Waals surface area contributed by atoms with Crippen molar-refractivity contribution >= 4 is 22.4 Å². The summed E-state index contributed by atoms with van der Waals surface area (Å²) in [4.78, 5) is 21.3. The van der Waals surface area contributed by atoms with E-state index in [0.29, 0.717) is 21.1 Å². The molecule has 0 amide bonds. The Morgan fingerprint density at radius 1 is 1.23 bits per heavy atom. The maximum absolute atomic E-state index is 12.4. The Balaban J connectivity index is 1.85. The van der Waals surface area contributed by atoms with Crippen LogP contribution in [0.3, 0.4) is 0 Å². The molecule has 22 heavy (non-hydrogen) atoms. The van der Waals surface area contributed by atoms with Crippen molar-refractivity contribution in [2.75, 3.05) is 0 Å². The minimum absolute atomic E-state index is 0.193. The molecule has 4 heterocycles. The molecule has 0 radical (unpaired) electrons. The third-order valence-electron chi connectivity index (χ3n) is 3.15. The van der Waals surface area contributed by atoms with Crippen LogP contribution in [-0.4, -0.2) is 19.6 Å². The first kappa shape index (κ1) is 12.9. The SMILES string of the molecule is Cc1ccc(/C=c2\sc3nc(-c4ccncc4)nn3c2=O)o1. The normalized spacial score (nSPS) is 12.3. The van der Waals surface area contributed by atoms with Gasteiger partial charge in [-0.15, -0.1) is 5.10 Å². The largest absolute Gasteiger partial charge is 0.462 e. The Kier molecular flexibility index (Phi) is 2.87. The van der Waals surface area contributed by atoms with Gasteiger partial charge < -0.3 is 4.42 Å². The van der Waals surface area contributed by atoms with Gasteiger partial charge in [0, 0.05) is 24.0 Å². The van der Waals surface area contributed by atoms with Crippen molar-refractivity contribution in [3.63, 3.8) is 0 Å². The molecule has 0 atom stereocenters. The number of aromatic nitrogens is 4. The molecule has 0 aliphatic heterocycles. The number of hydrogen-bond acceptors (Lipinski definition) is 6. The van der Waals surface area contributed by atoms with E-state index in [-0.39, 0.29) is 5.56 Å². The second kappa shape index (κ2) is 4.88. The first-order valence-corrected chi connectivity index (χ1v) is 7.40. The predicted octanol–water partition coefficient (Wildman–Crippen LogP) is 1.66. The van der Waals surface area contributed by atoms with Crippen LogP contribution in [0.1, 0.15) is 11.5 Å². The molecular formula is C15H10N4O2S. The summed E-state index contributed by atoms with van der Waals surface area (Å²) in [5.41, 5.74) is 0.638. The first-order chi connectivity index (χ1) is 10.7. The number of pyridine rings is 1. The van der Waals surface area contributed by atoms with Gasteiger partial charge in [0.15, 0.2) is 5.82 Å². The van der Waals surface area contributed by atoms with E-state index in [4.69, 9.17) is 4.42 Å². The van der Waals surface area contributed by atoms with Crippen LogP contribution in [0.2, 0.25) is 0 Å². The monoisotopic (exact) mass is 310 g/mol. The molecule has 108 valence electrons. The van der Waals surface area contributed by atoms with Gasteiger partial charge in [-0.2, -0.15) is 9.50 Å². The second-order valence-corrected chi connectivity index (χ2v) is 5.74. The molecule has 0 spiro atoms. The molecule has 0 bridgehead atoms.